The molecular formula is C5H8N2. The SMILES string of the molecule is C1=CN2CC1CN2. The zero-order valence-electron chi connectivity index (χ0n) is 4.09. The van der Waals surface area contributed by atoms with Crippen LogP contribution in [0.25, 0.3) is 0 Å². The molecule has 1 N–H and O–H groups in total. The van der Waals surface area contributed by atoms with Crippen LogP contribution in [0.15, 0.2) is 12.3 Å². The first kappa shape index (κ1) is 3.50. The fourth-order valence-corrected chi connectivity index (χ4v) is 1.08. The van der Waals surface area contributed by atoms with Crippen molar-refractivity contribution in [1.29, 1.82) is 0 Å². The van der Waals surface area contributed by atoms with Crippen LogP contribution in [-0.4, -0.2) is 18.1 Å². The minimum atomic E-state index is 0.806. The van der Waals surface area contributed by atoms with E-state index >= 15 is 0 Å². The second-order valence-electron chi connectivity index (χ2n) is 2.12. The first-order chi connectivity index (χ1) is 3.45. The van der Waals surface area contributed by atoms with E-state index in [1.54, 1.807) is 0 Å². The molecule has 0 aromatic rings. The van der Waals surface area contributed by atoms with Crippen LogP contribution in [0.2, 0.25) is 0 Å². The minimum Gasteiger partial charge on any atom is -0.315 e. The average molecular weight is 96.1 g/mol. The zero-order valence-corrected chi connectivity index (χ0v) is 4.09. The molecule has 0 saturated carbocycles. The first-order valence-electron chi connectivity index (χ1n) is 2.63. The summed E-state index contributed by atoms with van der Waals surface area (Å²) < 4.78 is 0. The summed E-state index contributed by atoms with van der Waals surface area (Å²) >= 11 is 0. The molecule has 0 aliphatic carbocycles. The number of hydrazine groups is 1. The van der Waals surface area contributed by atoms with E-state index in [-0.39, 0.29) is 0 Å². The molecule has 2 aliphatic rings. The average Bonchev–Trinajstić information content (AvgIpc) is 2.22. The summed E-state index contributed by atoms with van der Waals surface area (Å²) in [5, 5.41) is 2.13. The molecule has 7 heavy (non-hydrogen) atoms. The predicted octanol–water partition coefficient (Wildman–Crippen LogP) is -0.0499. The van der Waals surface area contributed by atoms with Crippen molar-refractivity contribution < 1.29 is 0 Å². The van der Waals surface area contributed by atoms with Crippen LogP contribution in [-0.2, 0) is 0 Å². The van der Waals surface area contributed by atoms with Gasteiger partial charge in [0.2, 0.25) is 0 Å². The van der Waals surface area contributed by atoms with Gasteiger partial charge in [0, 0.05) is 25.2 Å². The Balaban J connectivity index is 2.27. The number of rotatable bonds is 0. The molecule has 1 unspecified atom stereocenters. The molecule has 2 nitrogen and oxygen atoms in total. The van der Waals surface area contributed by atoms with E-state index in [4.69, 9.17) is 0 Å². The predicted molar refractivity (Wildman–Crippen MR) is 27.3 cm³/mol. The third-order valence-electron chi connectivity index (χ3n) is 1.53. The van der Waals surface area contributed by atoms with E-state index in [0.29, 0.717) is 0 Å². The van der Waals surface area contributed by atoms with Crippen molar-refractivity contribution in [2.75, 3.05) is 13.1 Å². The molecule has 2 heteroatoms. The Morgan fingerprint density at radius 3 is 2.86 bits per heavy atom. The lowest BCUT2D eigenvalue weighted by molar-refractivity contribution is 0.365. The Kier molecular flexibility index (Phi) is 0.504. The molecular weight excluding hydrogens is 88.1 g/mol. The smallest absolute Gasteiger partial charge is 0.0414 e. The van der Waals surface area contributed by atoms with Gasteiger partial charge in [-0.05, 0) is 0 Å². The van der Waals surface area contributed by atoms with Gasteiger partial charge in [0.15, 0.2) is 0 Å². The highest BCUT2D eigenvalue weighted by molar-refractivity contribution is 5.01. The van der Waals surface area contributed by atoms with E-state index in [2.05, 4.69) is 22.7 Å². The molecule has 0 radical (unpaired) electrons. The van der Waals surface area contributed by atoms with E-state index in [1.807, 2.05) is 0 Å². The van der Waals surface area contributed by atoms with Crippen molar-refractivity contribution in [2.45, 2.75) is 0 Å². The first-order valence-corrected chi connectivity index (χ1v) is 2.63. The second-order valence-corrected chi connectivity index (χ2v) is 2.12. The van der Waals surface area contributed by atoms with Gasteiger partial charge in [-0.25, -0.2) is 5.43 Å². The number of hydrogen-bond donors (Lipinski definition) is 1. The van der Waals surface area contributed by atoms with E-state index < -0.39 is 0 Å². The summed E-state index contributed by atoms with van der Waals surface area (Å²) in [6.07, 6.45) is 4.35. The summed E-state index contributed by atoms with van der Waals surface area (Å²) in [4.78, 5) is 0. The molecule has 0 amide bonds. The van der Waals surface area contributed by atoms with Gasteiger partial charge in [0.25, 0.3) is 0 Å². The van der Waals surface area contributed by atoms with Crippen LogP contribution in [0.5, 0.6) is 0 Å². The van der Waals surface area contributed by atoms with Gasteiger partial charge >= 0.3 is 0 Å². The van der Waals surface area contributed by atoms with Gasteiger partial charge in [-0.1, -0.05) is 6.08 Å². The van der Waals surface area contributed by atoms with Gasteiger partial charge in [-0.15, -0.1) is 0 Å². The lowest BCUT2D eigenvalue weighted by Crippen LogP contribution is -2.24. The lowest BCUT2D eigenvalue weighted by Gasteiger charge is -2.07. The van der Waals surface area contributed by atoms with Crippen molar-refractivity contribution >= 4 is 0 Å². The van der Waals surface area contributed by atoms with Crippen LogP contribution >= 0.6 is 0 Å². The summed E-state index contributed by atoms with van der Waals surface area (Å²) in [5.74, 6) is 0.806. The van der Waals surface area contributed by atoms with E-state index in [0.717, 1.165) is 12.5 Å². The molecule has 0 spiro atoms. The monoisotopic (exact) mass is 96.1 g/mol. The maximum atomic E-state index is 3.20. The van der Waals surface area contributed by atoms with Crippen LogP contribution in [0, 0.1) is 5.92 Å². The van der Waals surface area contributed by atoms with Crippen molar-refractivity contribution in [3.8, 4) is 0 Å². The Morgan fingerprint density at radius 1 is 1.71 bits per heavy atom. The fourth-order valence-electron chi connectivity index (χ4n) is 1.08. The van der Waals surface area contributed by atoms with Crippen LogP contribution < -0.4 is 5.43 Å². The van der Waals surface area contributed by atoms with Gasteiger partial charge in [-0.3, -0.25) is 0 Å². The molecule has 0 aromatic carbocycles. The quantitative estimate of drug-likeness (QED) is 0.455. The number of nitrogens with one attached hydrogen (secondary N) is 1. The van der Waals surface area contributed by atoms with Gasteiger partial charge in [0.05, 0.1) is 0 Å². The van der Waals surface area contributed by atoms with Crippen molar-refractivity contribution in [3.63, 3.8) is 0 Å². The number of hydrogen-bond acceptors (Lipinski definition) is 2. The van der Waals surface area contributed by atoms with E-state index in [9.17, 15) is 0 Å². The summed E-state index contributed by atoms with van der Waals surface area (Å²) in [7, 11) is 0. The normalized spacial score (nSPS) is 35.4. The van der Waals surface area contributed by atoms with Crippen molar-refractivity contribution in [2.24, 2.45) is 5.92 Å². The summed E-state index contributed by atoms with van der Waals surface area (Å²) in [6.45, 7) is 2.34. The summed E-state index contributed by atoms with van der Waals surface area (Å²) in [6, 6.07) is 0. The van der Waals surface area contributed by atoms with Gasteiger partial charge in [-0.2, -0.15) is 0 Å². The number of fused-ring (bicyclic) bond motifs is 2. The molecule has 2 bridgehead atoms. The van der Waals surface area contributed by atoms with Crippen LogP contribution in [0.3, 0.4) is 0 Å². The van der Waals surface area contributed by atoms with Gasteiger partial charge in [0.1, 0.15) is 0 Å². The molecule has 1 saturated heterocycles. The van der Waals surface area contributed by atoms with Crippen LogP contribution in [0.1, 0.15) is 0 Å². The fraction of sp³-hybridized carbons (Fsp3) is 0.600. The maximum Gasteiger partial charge on any atom is 0.0414 e. The molecule has 1 atom stereocenters. The molecule has 38 valence electrons. The molecule has 2 heterocycles. The Hall–Kier alpha value is -0.500. The van der Waals surface area contributed by atoms with E-state index in [1.165, 1.54) is 6.54 Å². The van der Waals surface area contributed by atoms with Crippen molar-refractivity contribution in [1.82, 2.24) is 10.4 Å². The highest BCUT2D eigenvalue weighted by atomic mass is 15.5. The topological polar surface area (TPSA) is 15.3 Å². The lowest BCUT2D eigenvalue weighted by atomic mass is 10.2. The molecule has 1 fully saturated rings. The largest absolute Gasteiger partial charge is 0.315 e. The third-order valence-corrected chi connectivity index (χ3v) is 1.53. The Labute approximate surface area is 42.8 Å². The third kappa shape index (κ3) is 0.370. The minimum absolute atomic E-state index is 0.806. The van der Waals surface area contributed by atoms with Gasteiger partial charge < -0.3 is 5.01 Å². The summed E-state index contributed by atoms with van der Waals surface area (Å²) in [5.41, 5.74) is 3.20. The molecule has 2 aliphatic heterocycles. The Morgan fingerprint density at radius 2 is 2.71 bits per heavy atom. The molecule has 2 rings (SSSR count). The van der Waals surface area contributed by atoms with Crippen molar-refractivity contribution in [3.05, 3.63) is 12.3 Å². The molecule has 0 aromatic heterocycles. The number of nitrogens with zero attached hydrogens (tertiary/aromatic N) is 1. The highest BCUT2D eigenvalue weighted by Crippen LogP contribution is 2.14. The second kappa shape index (κ2) is 1.01. The standard InChI is InChI=1S/C5H8N2/c1-2-7-4-5(1)3-6-7/h1-2,5-6H,3-4H2. The van der Waals surface area contributed by atoms with Crippen LogP contribution in [0.4, 0.5) is 0 Å². The highest BCUT2D eigenvalue weighted by Gasteiger charge is 2.21. The maximum absolute atomic E-state index is 3.20. The zero-order chi connectivity index (χ0) is 4.69. The Bertz CT molecular complexity index is 96.6.